The Balaban J connectivity index is 2.18. The number of carbonyl (C=O) groups is 1. The maximum absolute atomic E-state index is 10.0. The molecular formula is C12H18N2O. The van der Waals surface area contributed by atoms with Gasteiger partial charge in [0.1, 0.15) is 0 Å². The van der Waals surface area contributed by atoms with Crippen LogP contribution in [0.4, 0.5) is 0 Å². The van der Waals surface area contributed by atoms with Crippen LogP contribution >= 0.6 is 0 Å². The predicted octanol–water partition coefficient (Wildman–Crippen LogP) is 1.25. The second kappa shape index (κ2) is 7.01. The Hall–Kier alpha value is -1.35. The Morgan fingerprint density at radius 2 is 2.07 bits per heavy atom. The molecule has 0 aliphatic carbocycles. The largest absolute Gasteiger partial charge is 0.359 e. The summed E-state index contributed by atoms with van der Waals surface area (Å²) in [6.07, 6.45) is 1.74. The summed E-state index contributed by atoms with van der Waals surface area (Å²) in [6.45, 7) is 2.71. The SMILES string of the molecule is CN(CCCNC=O)Cc1ccccc1. The summed E-state index contributed by atoms with van der Waals surface area (Å²) >= 11 is 0. The lowest BCUT2D eigenvalue weighted by molar-refractivity contribution is -0.109. The van der Waals surface area contributed by atoms with E-state index in [1.54, 1.807) is 0 Å². The van der Waals surface area contributed by atoms with Gasteiger partial charge in [-0.05, 0) is 25.6 Å². The van der Waals surface area contributed by atoms with Crippen molar-refractivity contribution in [1.82, 2.24) is 10.2 Å². The summed E-state index contributed by atoms with van der Waals surface area (Å²) in [5, 5.41) is 2.66. The van der Waals surface area contributed by atoms with Gasteiger partial charge in [0.2, 0.25) is 6.41 Å². The minimum absolute atomic E-state index is 0.747. The van der Waals surface area contributed by atoms with Crippen LogP contribution in [0, 0.1) is 0 Å². The number of benzene rings is 1. The Kier molecular flexibility index (Phi) is 5.48. The Morgan fingerprint density at radius 3 is 2.73 bits per heavy atom. The van der Waals surface area contributed by atoms with Crippen LogP contribution in [0.1, 0.15) is 12.0 Å². The molecule has 0 fully saturated rings. The molecule has 3 heteroatoms. The summed E-state index contributed by atoms with van der Waals surface area (Å²) in [4.78, 5) is 12.3. The second-order valence-corrected chi connectivity index (χ2v) is 3.65. The van der Waals surface area contributed by atoms with Crippen molar-refractivity contribution in [3.8, 4) is 0 Å². The van der Waals surface area contributed by atoms with E-state index in [-0.39, 0.29) is 0 Å². The normalized spacial score (nSPS) is 10.3. The highest BCUT2D eigenvalue weighted by Gasteiger charge is 1.98. The standard InChI is InChI=1S/C12H18N2O/c1-14(9-5-8-13-11-15)10-12-6-3-2-4-7-12/h2-4,6-7,11H,5,8-10H2,1H3,(H,13,15). The highest BCUT2D eigenvalue weighted by Crippen LogP contribution is 2.02. The van der Waals surface area contributed by atoms with E-state index >= 15 is 0 Å². The van der Waals surface area contributed by atoms with Crippen LogP contribution < -0.4 is 5.32 Å². The fourth-order valence-corrected chi connectivity index (χ4v) is 1.48. The first-order chi connectivity index (χ1) is 7.33. The van der Waals surface area contributed by atoms with Gasteiger partial charge >= 0.3 is 0 Å². The van der Waals surface area contributed by atoms with Crippen LogP contribution in [0.3, 0.4) is 0 Å². The lowest BCUT2D eigenvalue weighted by Gasteiger charge is -2.16. The van der Waals surface area contributed by atoms with Gasteiger partial charge in [-0.3, -0.25) is 4.79 Å². The molecule has 0 atom stereocenters. The van der Waals surface area contributed by atoms with Gasteiger partial charge in [0.25, 0.3) is 0 Å². The van der Waals surface area contributed by atoms with Gasteiger partial charge in [0.05, 0.1) is 0 Å². The molecule has 0 spiro atoms. The van der Waals surface area contributed by atoms with E-state index in [0.717, 1.165) is 32.5 Å². The predicted molar refractivity (Wildman–Crippen MR) is 61.5 cm³/mol. The molecule has 0 aliphatic heterocycles. The van der Waals surface area contributed by atoms with Crippen molar-refractivity contribution in [2.24, 2.45) is 0 Å². The van der Waals surface area contributed by atoms with Crippen LogP contribution in [0.25, 0.3) is 0 Å². The van der Waals surface area contributed by atoms with Crippen LogP contribution in [0.5, 0.6) is 0 Å². The van der Waals surface area contributed by atoms with Gasteiger partial charge in [0.15, 0.2) is 0 Å². The van der Waals surface area contributed by atoms with Crippen molar-refractivity contribution in [2.75, 3.05) is 20.1 Å². The van der Waals surface area contributed by atoms with E-state index < -0.39 is 0 Å². The van der Waals surface area contributed by atoms with Crippen molar-refractivity contribution in [2.45, 2.75) is 13.0 Å². The first-order valence-electron chi connectivity index (χ1n) is 5.22. The molecular weight excluding hydrogens is 188 g/mol. The van der Waals surface area contributed by atoms with Crippen molar-refractivity contribution >= 4 is 6.41 Å². The zero-order chi connectivity index (χ0) is 10.9. The van der Waals surface area contributed by atoms with E-state index in [2.05, 4.69) is 41.5 Å². The number of hydrogen-bond acceptors (Lipinski definition) is 2. The summed E-state index contributed by atoms with van der Waals surface area (Å²) in [6, 6.07) is 10.4. The summed E-state index contributed by atoms with van der Waals surface area (Å²) in [5.41, 5.74) is 1.32. The molecule has 0 radical (unpaired) electrons. The molecule has 0 aliphatic rings. The fraction of sp³-hybridized carbons (Fsp3) is 0.417. The third-order valence-corrected chi connectivity index (χ3v) is 2.24. The lowest BCUT2D eigenvalue weighted by atomic mass is 10.2. The lowest BCUT2D eigenvalue weighted by Crippen LogP contribution is -2.23. The third-order valence-electron chi connectivity index (χ3n) is 2.24. The molecule has 0 bridgehead atoms. The first-order valence-corrected chi connectivity index (χ1v) is 5.22. The highest BCUT2D eigenvalue weighted by atomic mass is 16.1. The third kappa shape index (κ3) is 5.18. The van der Waals surface area contributed by atoms with Gasteiger partial charge in [-0.15, -0.1) is 0 Å². The maximum atomic E-state index is 10.0. The molecule has 1 N–H and O–H groups in total. The van der Waals surface area contributed by atoms with Crippen LogP contribution in [-0.4, -0.2) is 31.4 Å². The average molecular weight is 206 g/mol. The van der Waals surface area contributed by atoms with E-state index in [1.165, 1.54) is 5.56 Å². The number of amides is 1. The fourth-order valence-electron chi connectivity index (χ4n) is 1.48. The summed E-state index contributed by atoms with van der Waals surface area (Å²) in [7, 11) is 2.09. The van der Waals surface area contributed by atoms with E-state index in [0.29, 0.717) is 0 Å². The molecule has 1 aromatic carbocycles. The number of nitrogens with zero attached hydrogens (tertiary/aromatic N) is 1. The number of hydrogen-bond donors (Lipinski definition) is 1. The first kappa shape index (κ1) is 11.7. The van der Waals surface area contributed by atoms with E-state index in [9.17, 15) is 4.79 Å². The molecule has 0 saturated heterocycles. The second-order valence-electron chi connectivity index (χ2n) is 3.65. The van der Waals surface area contributed by atoms with Crippen molar-refractivity contribution in [3.63, 3.8) is 0 Å². The molecule has 3 nitrogen and oxygen atoms in total. The summed E-state index contributed by atoms with van der Waals surface area (Å²) < 4.78 is 0. The molecule has 0 saturated carbocycles. The average Bonchev–Trinajstić information content (AvgIpc) is 2.26. The van der Waals surface area contributed by atoms with E-state index in [1.807, 2.05) is 6.07 Å². The van der Waals surface area contributed by atoms with Crippen LogP contribution in [-0.2, 0) is 11.3 Å². The Bertz CT molecular complexity index is 274. The van der Waals surface area contributed by atoms with Crippen molar-refractivity contribution in [3.05, 3.63) is 35.9 Å². The minimum atomic E-state index is 0.747. The summed E-state index contributed by atoms with van der Waals surface area (Å²) in [5.74, 6) is 0. The molecule has 0 aromatic heterocycles. The zero-order valence-electron chi connectivity index (χ0n) is 9.15. The van der Waals surface area contributed by atoms with Crippen LogP contribution in [0.15, 0.2) is 30.3 Å². The topological polar surface area (TPSA) is 32.3 Å². The number of rotatable bonds is 7. The number of carbonyl (C=O) groups excluding carboxylic acids is 1. The van der Waals surface area contributed by atoms with Crippen LogP contribution in [0.2, 0.25) is 0 Å². The molecule has 0 unspecified atom stereocenters. The molecule has 1 aromatic rings. The molecule has 82 valence electrons. The van der Waals surface area contributed by atoms with E-state index in [4.69, 9.17) is 0 Å². The van der Waals surface area contributed by atoms with Gasteiger partial charge in [-0.1, -0.05) is 30.3 Å². The maximum Gasteiger partial charge on any atom is 0.207 e. The Morgan fingerprint density at radius 1 is 1.33 bits per heavy atom. The monoisotopic (exact) mass is 206 g/mol. The van der Waals surface area contributed by atoms with Gasteiger partial charge in [-0.2, -0.15) is 0 Å². The quantitative estimate of drug-likeness (QED) is 0.538. The van der Waals surface area contributed by atoms with Gasteiger partial charge in [0, 0.05) is 13.1 Å². The smallest absolute Gasteiger partial charge is 0.207 e. The molecule has 1 rings (SSSR count). The Labute approximate surface area is 91.1 Å². The molecule has 1 amide bonds. The van der Waals surface area contributed by atoms with Gasteiger partial charge < -0.3 is 10.2 Å². The zero-order valence-corrected chi connectivity index (χ0v) is 9.15. The number of nitrogens with one attached hydrogen (secondary N) is 1. The van der Waals surface area contributed by atoms with Gasteiger partial charge in [-0.25, -0.2) is 0 Å². The highest BCUT2D eigenvalue weighted by molar-refractivity contribution is 5.45. The minimum Gasteiger partial charge on any atom is -0.359 e. The van der Waals surface area contributed by atoms with Crippen molar-refractivity contribution in [1.29, 1.82) is 0 Å². The molecule has 0 heterocycles. The van der Waals surface area contributed by atoms with Crippen molar-refractivity contribution < 1.29 is 4.79 Å². The molecule has 15 heavy (non-hydrogen) atoms.